The Bertz CT molecular complexity index is 606. The van der Waals surface area contributed by atoms with Gasteiger partial charge in [0, 0.05) is 37.0 Å². The third-order valence-corrected chi connectivity index (χ3v) is 5.02. The van der Waals surface area contributed by atoms with Crippen LogP contribution < -0.4 is 10.5 Å². The fraction of sp³-hybridized carbons (Fsp3) is 0.556. The predicted molar refractivity (Wildman–Crippen MR) is 87.5 cm³/mol. The molecule has 2 N–H and O–H groups in total. The molecule has 124 valence electrons. The molecule has 1 aliphatic carbocycles. The summed E-state index contributed by atoms with van der Waals surface area (Å²) in [5.74, 6) is 0.762. The summed E-state index contributed by atoms with van der Waals surface area (Å²) in [6.45, 7) is 1.43. The van der Waals surface area contributed by atoms with Gasteiger partial charge in [-0.2, -0.15) is 0 Å². The van der Waals surface area contributed by atoms with Crippen molar-refractivity contribution in [2.24, 2.45) is 11.7 Å². The monoisotopic (exact) mass is 316 g/mol. The van der Waals surface area contributed by atoms with Crippen molar-refractivity contribution in [1.29, 1.82) is 0 Å². The zero-order valence-corrected chi connectivity index (χ0v) is 13.6. The number of carbonyl (C=O) groups is 2. The largest absolute Gasteiger partial charge is 0.497 e. The van der Waals surface area contributed by atoms with Gasteiger partial charge in [-0.25, -0.2) is 0 Å². The summed E-state index contributed by atoms with van der Waals surface area (Å²) in [5, 5.41) is 0. The van der Waals surface area contributed by atoms with Crippen LogP contribution in [0.15, 0.2) is 18.2 Å². The molecule has 1 saturated heterocycles. The number of methoxy groups -OCH3 is 1. The molecule has 2 aliphatic rings. The molecule has 0 saturated carbocycles. The van der Waals surface area contributed by atoms with Crippen molar-refractivity contribution in [3.8, 4) is 5.75 Å². The van der Waals surface area contributed by atoms with E-state index in [1.54, 1.807) is 7.11 Å². The number of ether oxygens (including phenoxy) is 1. The molecule has 1 atom stereocenters. The second-order valence-electron chi connectivity index (χ2n) is 6.55. The highest BCUT2D eigenvalue weighted by Crippen LogP contribution is 2.30. The van der Waals surface area contributed by atoms with Gasteiger partial charge in [0.15, 0.2) is 5.78 Å². The quantitative estimate of drug-likeness (QED) is 0.922. The van der Waals surface area contributed by atoms with E-state index in [1.807, 2.05) is 23.1 Å². The van der Waals surface area contributed by atoms with Crippen LogP contribution in [0.5, 0.6) is 5.75 Å². The molecule has 3 rings (SSSR count). The van der Waals surface area contributed by atoms with Crippen molar-refractivity contribution in [1.82, 2.24) is 4.90 Å². The number of benzene rings is 1. The number of likely N-dealkylation sites (tertiary alicyclic amines) is 1. The molecule has 1 heterocycles. The lowest BCUT2D eigenvalue weighted by atomic mass is 9.80. The third kappa shape index (κ3) is 3.39. The second kappa shape index (κ2) is 6.71. The number of Topliss-reactive ketones (excluding diaryl/α,β-unsaturated/α-hetero) is 1. The van der Waals surface area contributed by atoms with Gasteiger partial charge in [0.25, 0.3) is 0 Å². The zero-order chi connectivity index (χ0) is 16.4. The van der Waals surface area contributed by atoms with Gasteiger partial charge in [0.05, 0.1) is 7.11 Å². The molecule has 1 aliphatic heterocycles. The van der Waals surface area contributed by atoms with Crippen molar-refractivity contribution in [3.05, 3.63) is 29.3 Å². The van der Waals surface area contributed by atoms with E-state index in [2.05, 4.69) is 0 Å². The molecule has 23 heavy (non-hydrogen) atoms. The van der Waals surface area contributed by atoms with E-state index in [4.69, 9.17) is 10.5 Å². The van der Waals surface area contributed by atoms with Crippen LogP contribution in [0.3, 0.4) is 0 Å². The summed E-state index contributed by atoms with van der Waals surface area (Å²) in [6.07, 6.45) is 3.58. The van der Waals surface area contributed by atoms with Crippen LogP contribution >= 0.6 is 0 Å². The number of piperidine rings is 1. The number of carbonyl (C=O) groups excluding carboxylic acids is 2. The van der Waals surface area contributed by atoms with Gasteiger partial charge in [-0.15, -0.1) is 0 Å². The van der Waals surface area contributed by atoms with Gasteiger partial charge >= 0.3 is 0 Å². The first-order valence-corrected chi connectivity index (χ1v) is 8.33. The topological polar surface area (TPSA) is 72.6 Å². The van der Waals surface area contributed by atoms with Crippen molar-refractivity contribution in [3.63, 3.8) is 0 Å². The molecule has 1 amide bonds. The summed E-state index contributed by atoms with van der Waals surface area (Å²) in [7, 11) is 1.62. The summed E-state index contributed by atoms with van der Waals surface area (Å²) in [4.78, 5) is 27.0. The molecule has 1 fully saturated rings. The number of nitrogens with zero attached hydrogens (tertiary/aromatic N) is 1. The van der Waals surface area contributed by atoms with Gasteiger partial charge < -0.3 is 15.4 Å². The number of rotatable bonds is 3. The summed E-state index contributed by atoms with van der Waals surface area (Å²) >= 11 is 0. The van der Waals surface area contributed by atoms with Crippen molar-refractivity contribution in [2.75, 3.05) is 20.2 Å². The van der Waals surface area contributed by atoms with Gasteiger partial charge in [-0.1, -0.05) is 0 Å². The number of hydrogen-bond acceptors (Lipinski definition) is 4. The lowest BCUT2D eigenvalue weighted by Gasteiger charge is -2.32. The van der Waals surface area contributed by atoms with E-state index in [0.717, 1.165) is 42.6 Å². The minimum absolute atomic E-state index is 0.0900. The molecule has 5 heteroatoms. The minimum atomic E-state index is -0.195. The molecule has 1 aromatic carbocycles. The third-order valence-electron chi connectivity index (χ3n) is 5.02. The maximum Gasteiger partial charge on any atom is 0.223 e. The summed E-state index contributed by atoms with van der Waals surface area (Å²) in [5.41, 5.74) is 7.65. The first-order chi connectivity index (χ1) is 11.1. The van der Waals surface area contributed by atoms with Crippen molar-refractivity contribution < 1.29 is 14.3 Å². The molecule has 0 bridgehead atoms. The SMILES string of the molecule is COc1ccc2c(c1)CCC(CC(=O)N1CCC(N)CC1)C2=O. The van der Waals surface area contributed by atoms with E-state index in [9.17, 15) is 9.59 Å². The van der Waals surface area contributed by atoms with Gasteiger partial charge in [0.1, 0.15) is 5.75 Å². The van der Waals surface area contributed by atoms with Gasteiger partial charge in [0.2, 0.25) is 5.91 Å². The molecule has 0 radical (unpaired) electrons. The first kappa shape index (κ1) is 16.0. The second-order valence-corrected chi connectivity index (χ2v) is 6.55. The molecule has 1 aromatic rings. The zero-order valence-electron chi connectivity index (χ0n) is 13.6. The minimum Gasteiger partial charge on any atom is -0.497 e. The highest BCUT2D eigenvalue weighted by atomic mass is 16.5. The van der Waals surface area contributed by atoms with Crippen molar-refractivity contribution in [2.45, 2.75) is 38.1 Å². The molecule has 0 spiro atoms. The Morgan fingerprint density at radius 2 is 2.04 bits per heavy atom. The Labute approximate surface area is 136 Å². The lowest BCUT2D eigenvalue weighted by molar-refractivity contribution is -0.133. The van der Waals surface area contributed by atoms with Crippen LogP contribution in [0.2, 0.25) is 0 Å². The number of ketones is 1. The number of nitrogens with two attached hydrogens (primary N) is 1. The fourth-order valence-electron chi connectivity index (χ4n) is 3.51. The van der Waals surface area contributed by atoms with Crippen LogP contribution in [0.25, 0.3) is 0 Å². The van der Waals surface area contributed by atoms with E-state index in [0.29, 0.717) is 19.5 Å². The van der Waals surface area contributed by atoms with Crippen LogP contribution in [-0.4, -0.2) is 42.8 Å². The summed E-state index contributed by atoms with van der Waals surface area (Å²) < 4.78 is 5.21. The highest BCUT2D eigenvalue weighted by Gasteiger charge is 2.31. The Morgan fingerprint density at radius 3 is 2.74 bits per heavy atom. The predicted octanol–water partition coefficient (Wildman–Crippen LogP) is 1.78. The molecule has 1 unspecified atom stereocenters. The summed E-state index contributed by atoms with van der Waals surface area (Å²) in [6, 6.07) is 5.77. The molecule has 0 aromatic heterocycles. The van der Waals surface area contributed by atoms with E-state index in [1.165, 1.54) is 0 Å². The standard InChI is InChI=1S/C18H24N2O3/c1-23-15-4-5-16-12(10-15)2-3-13(18(16)22)11-17(21)20-8-6-14(19)7-9-20/h4-5,10,13-14H,2-3,6-9,11,19H2,1H3. The van der Waals surface area contributed by atoms with Crippen LogP contribution in [0.1, 0.15) is 41.6 Å². The maximum atomic E-state index is 12.7. The Kier molecular flexibility index (Phi) is 4.66. The number of amides is 1. The van der Waals surface area contributed by atoms with Gasteiger partial charge in [-0.3, -0.25) is 9.59 Å². The highest BCUT2D eigenvalue weighted by molar-refractivity contribution is 6.02. The Morgan fingerprint density at radius 1 is 1.30 bits per heavy atom. The van der Waals surface area contributed by atoms with Crippen LogP contribution in [0.4, 0.5) is 0 Å². The van der Waals surface area contributed by atoms with Crippen LogP contribution in [-0.2, 0) is 11.2 Å². The molecule has 5 nitrogen and oxygen atoms in total. The smallest absolute Gasteiger partial charge is 0.223 e. The average molecular weight is 316 g/mol. The normalized spacial score (nSPS) is 21.9. The van der Waals surface area contributed by atoms with Crippen LogP contribution in [0, 0.1) is 5.92 Å². The average Bonchev–Trinajstić information content (AvgIpc) is 2.57. The van der Waals surface area contributed by atoms with E-state index < -0.39 is 0 Å². The number of hydrogen-bond donors (Lipinski definition) is 1. The van der Waals surface area contributed by atoms with Crippen molar-refractivity contribution >= 4 is 11.7 Å². The fourth-order valence-corrected chi connectivity index (χ4v) is 3.51. The molecular formula is C18H24N2O3. The first-order valence-electron chi connectivity index (χ1n) is 8.33. The maximum absolute atomic E-state index is 12.7. The number of fused-ring (bicyclic) bond motifs is 1. The van der Waals surface area contributed by atoms with E-state index >= 15 is 0 Å². The number of aryl methyl sites for hydroxylation is 1. The van der Waals surface area contributed by atoms with E-state index in [-0.39, 0.29) is 23.7 Å². The van der Waals surface area contributed by atoms with Gasteiger partial charge in [-0.05, 0) is 49.4 Å². The lowest BCUT2D eigenvalue weighted by Crippen LogP contribution is -2.44. The Hall–Kier alpha value is -1.88. The molecular weight excluding hydrogens is 292 g/mol. The Balaban J connectivity index is 1.65.